The highest BCUT2D eigenvalue weighted by Crippen LogP contribution is 2.40. The lowest BCUT2D eigenvalue weighted by Gasteiger charge is -2.39. The Morgan fingerprint density at radius 1 is 1.04 bits per heavy atom. The third kappa shape index (κ3) is 2.93. The van der Waals surface area contributed by atoms with Gasteiger partial charge in [0, 0.05) is 23.2 Å². The highest BCUT2D eigenvalue weighted by atomic mass is 35.5. The second-order valence-corrected chi connectivity index (χ2v) is 6.62. The SMILES string of the molecule is O=C(NC1(c2ccc(Cl)cc2)CCOc2cccnc21)c1ccccc1. The third-order valence-corrected chi connectivity index (χ3v) is 4.86. The van der Waals surface area contributed by atoms with Gasteiger partial charge in [0.1, 0.15) is 17.0 Å². The van der Waals surface area contributed by atoms with Crippen molar-refractivity contribution in [3.8, 4) is 5.75 Å². The molecule has 5 heteroatoms. The smallest absolute Gasteiger partial charge is 0.252 e. The highest BCUT2D eigenvalue weighted by molar-refractivity contribution is 6.30. The van der Waals surface area contributed by atoms with Crippen LogP contribution in [0.1, 0.15) is 28.0 Å². The lowest BCUT2D eigenvalue weighted by molar-refractivity contribution is 0.0883. The highest BCUT2D eigenvalue weighted by Gasteiger charge is 2.42. The molecule has 0 spiro atoms. The van der Waals surface area contributed by atoms with Crippen LogP contribution >= 0.6 is 11.6 Å². The van der Waals surface area contributed by atoms with Crippen molar-refractivity contribution in [3.05, 3.63) is 94.8 Å². The molecule has 1 unspecified atom stereocenters. The van der Waals surface area contributed by atoms with Crippen LogP contribution in [0.5, 0.6) is 5.75 Å². The normalized spacial score (nSPS) is 18.5. The van der Waals surface area contributed by atoms with E-state index < -0.39 is 5.54 Å². The molecule has 4 rings (SSSR count). The minimum Gasteiger partial charge on any atom is -0.491 e. The van der Waals surface area contributed by atoms with Gasteiger partial charge in [-0.3, -0.25) is 9.78 Å². The molecule has 2 heterocycles. The number of hydrogen-bond donors (Lipinski definition) is 1. The number of benzene rings is 2. The zero-order valence-corrected chi connectivity index (χ0v) is 14.7. The Labute approximate surface area is 156 Å². The van der Waals surface area contributed by atoms with Gasteiger partial charge in [0.25, 0.3) is 5.91 Å². The zero-order chi connectivity index (χ0) is 18.0. The summed E-state index contributed by atoms with van der Waals surface area (Å²) >= 11 is 6.07. The van der Waals surface area contributed by atoms with Crippen LogP contribution in [0, 0.1) is 0 Å². The first-order chi connectivity index (χ1) is 12.7. The molecule has 1 aliphatic rings. The number of halogens is 1. The number of amides is 1. The number of aromatic nitrogens is 1. The summed E-state index contributed by atoms with van der Waals surface area (Å²) in [5.41, 5.74) is 1.46. The van der Waals surface area contributed by atoms with E-state index in [1.54, 1.807) is 18.3 Å². The summed E-state index contributed by atoms with van der Waals surface area (Å²) < 4.78 is 5.77. The van der Waals surface area contributed by atoms with E-state index >= 15 is 0 Å². The van der Waals surface area contributed by atoms with Gasteiger partial charge < -0.3 is 10.1 Å². The van der Waals surface area contributed by atoms with Crippen molar-refractivity contribution in [1.82, 2.24) is 10.3 Å². The van der Waals surface area contributed by atoms with E-state index in [2.05, 4.69) is 10.3 Å². The fourth-order valence-electron chi connectivity index (χ4n) is 3.32. The fraction of sp³-hybridized carbons (Fsp3) is 0.143. The van der Waals surface area contributed by atoms with Gasteiger partial charge in [-0.1, -0.05) is 41.9 Å². The van der Waals surface area contributed by atoms with E-state index in [0.717, 1.165) is 5.56 Å². The third-order valence-electron chi connectivity index (χ3n) is 4.61. The van der Waals surface area contributed by atoms with E-state index in [4.69, 9.17) is 16.3 Å². The van der Waals surface area contributed by atoms with Crippen molar-refractivity contribution in [1.29, 1.82) is 0 Å². The molecule has 0 aliphatic carbocycles. The molecular formula is C21H17ClN2O2. The first-order valence-corrected chi connectivity index (χ1v) is 8.79. The molecule has 1 amide bonds. The second-order valence-electron chi connectivity index (χ2n) is 6.18. The number of ether oxygens (including phenoxy) is 1. The Morgan fingerprint density at radius 2 is 1.81 bits per heavy atom. The lowest BCUT2D eigenvalue weighted by Crippen LogP contribution is -2.50. The first kappa shape index (κ1) is 16.6. The van der Waals surface area contributed by atoms with Crippen LogP contribution in [0.2, 0.25) is 5.02 Å². The number of nitrogens with zero attached hydrogens (tertiary/aromatic N) is 1. The number of pyridine rings is 1. The quantitative estimate of drug-likeness (QED) is 0.758. The molecule has 0 fully saturated rings. The number of carbonyl (C=O) groups is 1. The lowest BCUT2D eigenvalue weighted by atomic mass is 9.81. The number of fused-ring (bicyclic) bond motifs is 1. The van der Waals surface area contributed by atoms with Gasteiger partial charge in [-0.05, 0) is 42.0 Å². The van der Waals surface area contributed by atoms with Crippen molar-refractivity contribution >= 4 is 17.5 Å². The van der Waals surface area contributed by atoms with Gasteiger partial charge in [0.05, 0.1) is 6.61 Å². The number of hydrogen-bond acceptors (Lipinski definition) is 3. The summed E-state index contributed by atoms with van der Waals surface area (Å²) in [5.74, 6) is 0.529. The Bertz CT molecular complexity index is 928. The summed E-state index contributed by atoms with van der Waals surface area (Å²) in [6.07, 6.45) is 2.30. The van der Waals surface area contributed by atoms with Gasteiger partial charge in [-0.25, -0.2) is 0 Å². The topological polar surface area (TPSA) is 51.2 Å². The van der Waals surface area contributed by atoms with Crippen molar-refractivity contribution in [2.75, 3.05) is 6.61 Å². The standard InChI is InChI=1S/C21H17ClN2O2/c22-17-10-8-16(9-11-17)21(24-20(25)15-5-2-1-3-6-15)12-14-26-18-7-4-13-23-19(18)21/h1-11,13H,12,14H2,(H,24,25). The molecule has 0 bridgehead atoms. The van der Waals surface area contributed by atoms with Crippen LogP contribution < -0.4 is 10.1 Å². The average molecular weight is 365 g/mol. The van der Waals surface area contributed by atoms with Crippen LogP contribution in [-0.2, 0) is 5.54 Å². The Balaban J connectivity index is 1.83. The molecule has 1 aliphatic heterocycles. The molecule has 3 aromatic rings. The van der Waals surface area contributed by atoms with Gasteiger partial charge in [-0.2, -0.15) is 0 Å². The minimum absolute atomic E-state index is 0.154. The molecular weight excluding hydrogens is 348 g/mol. The van der Waals surface area contributed by atoms with Crippen molar-refractivity contribution < 1.29 is 9.53 Å². The molecule has 1 aromatic heterocycles. The van der Waals surface area contributed by atoms with Gasteiger partial charge in [0.2, 0.25) is 0 Å². The first-order valence-electron chi connectivity index (χ1n) is 8.41. The Kier molecular flexibility index (Phi) is 4.35. The van der Waals surface area contributed by atoms with Gasteiger partial charge >= 0.3 is 0 Å². The van der Waals surface area contributed by atoms with E-state index in [0.29, 0.717) is 35.1 Å². The molecule has 26 heavy (non-hydrogen) atoms. The van der Waals surface area contributed by atoms with E-state index in [-0.39, 0.29) is 5.91 Å². The zero-order valence-electron chi connectivity index (χ0n) is 14.0. The molecule has 1 atom stereocenters. The van der Waals surface area contributed by atoms with Gasteiger partial charge in [-0.15, -0.1) is 0 Å². The summed E-state index contributed by atoms with van der Waals surface area (Å²) in [7, 11) is 0. The van der Waals surface area contributed by atoms with E-state index in [1.165, 1.54) is 0 Å². The van der Waals surface area contributed by atoms with Crippen molar-refractivity contribution in [2.24, 2.45) is 0 Å². The molecule has 130 valence electrons. The van der Waals surface area contributed by atoms with Crippen LogP contribution in [0.4, 0.5) is 0 Å². The molecule has 1 N–H and O–H groups in total. The molecule has 0 saturated heterocycles. The van der Waals surface area contributed by atoms with E-state index in [9.17, 15) is 4.79 Å². The van der Waals surface area contributed by atoms with Crippen LogP contribution in [0.25, 0.3) is 0 Å². The minimum atomic E-state index is -0.771. The Morgan fingerprint density at radius 3 is 2.58 bits per heavy atom. The predicted octanol–water partition coefficient (Wildman–Crippen LogP) is 4.19. The Hall–Kier alpha value is -2.85. The van der Waals surface area contributed by atoms with E-state index in [1.807, 2.05) is 54.6 Å². The second kappa shape index (κ2) is 6.81. The van der Waals surface area contributed by atoms with Gasteiger partial charge in [0.15, 0.2) is 0 Å². The van der Waals surface area contributed by atoms with Crippen LogP contribution in [0.3, 0.4) is 0 Å². The molecule has 2 aromatic carbocycles. The summed E-state index contributed by atoms with van der Waals surface area (Å²) in [4.78, 5) is 17.5. The summed E-state index contributed by atoms with van der Waals surface area (Å²) in [6.45, 7) is 0.483. The monoisotopic (exact) mass is 364 g/mol. The molecule has 4 nitrogen and oxygen atoms in total. The van der Waals surface area contributed by atoms with Crippen LogP contribution in [0.15, 0.2) is 72.9 Å². The maximum Gasteiger partial charge on any atom is 0.252 e. The number of carbonyl (C=O) groups excluding carboxylic acids is 1. The fourth-order valence-corrected chi connectivity index (χ4v) is 3.45. The predicted molar refractivity (Wildman–Crippen MR) is 100 cm³/mol. The van der Waals surface area contributed by atoms with Crippen molar-refractivity contribution in [2.45, 2.75) is 12.0 Å². The number of rotatable bonds is 3. The summed E-state index contributed by atoms with van der Waals surface area (Å²) in [6, 6.07) is 20.4. The molecule has 0 radical (unpaired) electrons. The maximum absolute atomic E-state index is 13.0. The maximum atomic E-state index is 13.0. The largest absolute Gasteiger partial charge is 0.491 e. The average Bonchev–Trinajstić information content (AvgIpc) is 2.69. The summed E-state index contributed by atoms with van der Waals surface area (Å²) in [5, 5.41) is 3.86. The number of nitrogens with one attached hydrogen (secondary N) is 1. The van der Waals surface area contributed by atoms with Crippen LogP contribution in [-0.4, -0.2) is 17.5 Å². The van der Waals surface area contributed by atoms with Crippen molar-refractivity contribution in [3.63, 3.8) is 0 Å². The molecule has 0 saturated carbocycles.